The minimum absolute atomic E-state index is 1.04. The third kappa shape index (κ3) is 9.59. The van der Waals surface area contributed by atoms with Gasteiger partial charge in [0.2, 0.25) is 22.4 Å². The van der Waals surface area contributed by atoms with Gasteiger partial charge in [0.25, 0.3) is 0 Å². The van der Waals surface area contributed by atoms with Gasteiger partial charge in [-0.2, -0.15) is 9.13 Å². The van der Waals surface area contributed by atoms with E-state index in [9.17, 15) is 0 Å². The smallest absolute Gasteiger partial charge is 0.212 e. The number of para-hydroxylation sites is 2. The molecule has 0 bridgehead atoms. The molecule has 286 valence electrons. The maximum Gasteiger partial charge on any atom is 0.212 e. The number of pyridine rings is 2. The molecular formula is C52H60N4+2. The molecule has 4 nitrogen and oxygen atoms in total. The molecule has 0 unspecified atom stereocenters. The fourth-order valence-corrected chi connectivity index (χ4v) is 8.85. The topological polar surface area (TPSA) is 14.2 Å². The molecule has 0 saturated carbocycles. The van der Waals surface area contributed by atoms with Crippen LogP contribution in [0, 0.1) is 0 Å². The van der Waals surface area contributed by atoms with Gasteiger partial charge < -0.3 is 9.80 Å². The Morgan fingerprint density at radius 3 is 1.20 bits per heavy atom. The predicted molar refractivity (Wildman–Crippen MR) is 239 cm³/mol. The van der Waals surface area contributed by atoms with Gasteiger partial charge in [-0.05, 0) is 123 Å². The molecule has 0 aliphatic carbocycles. The number of rotatable bonds is 15. The van der Waals surface area contributed by atoms with Gasteiger partial charge >= 0.3 is 0 Å². The van der Waals surface area contributed by atoms with E-state index in [0.717, 1.165) is 13.1 Å². The van der Waals surface area contributed by atoms with Crippen LogP contribution >= 0.6 is 0 Å². The van der Waals surface area contributed by atoms with E-state index >= 15 is 0 Å². The lowest BCUT2D eigenvalue weighted by Gasteiger charge is -2.28. The third-order valence-corrected chi connectivity index (χ3v) is 12.1. The molecule has 2 saturated heterocycles. The first-order valence-corrected chi connectivity index (χ1v) is 21.7. The highest BCUT2D eigenvalue weighted by Gasteiger charge is 2.16. The Hall–Kier alpha value is -5.22. The van der Waals surface area contributed by atoms with Gasteiger partial charge in [0.05, 0.1) is 0 Å². The molecule has 2 aromatic heterocycles. The SMILES string of the molecule is C(=C\c1ccc2ccccc2[n+]1CCCCCCCC[n+]1c(/C=C/c2ccc(N3CCCCC3)cc2)ccc2ccccc21)/c1ccc(N2CCCCC2)cc1. The average Bonchev–Trinajstić information content (AvgIpc) is 3.27. The number of aromatic nitrogens is 2. The van der Waals surface area contributed by atoms with Gasteiger partial charge in [0.15, 0.2) is 0 Å². The fraction of sp³-hybridized carbons (Fsp3) is 0.346. The first-order chi connectivity index (χ1) is 27.8. The number of fused-ring (bicyclic) bond motifs is 2. The summed E-state index contributed by atoms with van der Waals surface area (Å²) in [5.74, 6) is 0. The van der Waals surface area contributed by atoms with Crippen molar-refractivity contribution in [3.05, 3.63) is 144 Å². The number of aryl methyl sites for hydroxylation is 2. The predicted octanol–water partition coefficient (Wildman–Crippen LogP) is 11.9. The maximum absolute atomic E-state index is 2.53. The van der Waals surface area contributed by atoms with Crippen molar-refractivity contribution >= 4 is 57.5 Å². The zero-order valence-electron chi connectivity index (χ0n) is 33.4. The van der Waals surface area contributed by atoms with E-state index in [2.05, 4.69) is 165 Å². The van der Waals surface area contributed by atoms with Crippen LogP contribution in [0.4, 0.5) is 11.4 Å². The molecule has 2 fully saturated rings. The Morgan fingerprint density at radius 1 is 0.375 bits per heavy atom. The van der Waals surface area contributed by atoms with Crippen LogP contribution in [-0.2, 0) is 13.1 Å². The highest BCUT2D eigenvalue weighted by Crippen LogP contribution is 2.23. The standard InChI is InChI=1S/C52H60N4/c1(3-15-41-55-49(35-27-45-17-7-9-19-51(45)55)33-25-43-21-29-47(30-22-43)53-37-11-5-12-38-53)2-4-16-42-56-50(36-28-46-18-8-10-20-52(46)56)34-26-44-23-31-48(32-24-44)54-39-13-6-14-40-54/h7-10,17-36H,1-6,11-16,37-42H2/q+2. The minimum Gasteiger partial charge on any atom is -0.372 e. The Kier molecular flexibility index (Phi) is 12.8. The van der Waals surface area contributed by atoms with Crippen molar-refractivity contribution in [2.24, 2.45) is 0 Å². The van der Waals surface area contributed by atoms with E-state index < -0.39 is 0 Å². The van der Waals surface area contributed by atoms with Gasteiger partial charge in [-0.1, -0.05) is 61.4 Å². The van der Waals surface area contributed by atoms with Gasteiger partial charge in [0, 0.05) is 97.6 Å². The van der Waals surface area contributed by atoms with Crippen LogP contribution in [0.25, 0.3) is 46.1 Å². The minimum atomic E-state index is 1.04. The van der Waals surface area contributed by atoms with Crippen LogP contribution in [0.15, 0.2) is 121 Å². The van der Waals surface area contributed by atoms with Crippen molar-refractivity contribution in [1.29, 1.82) is 0 Å². The largest absolute Gasteiger partial charge is 0.372 e. The molecular weight excluding hydrogens is 681 g/mol. The summed E-state index contributed by atoms with van der Waals surface area (Å²) in [6.07, 6.45) is 24.6. The third-order valence-electron chi connectivity index (χ3n) is 12.1. The highest BCUT2D eigenvalue weighted by atomic mass is 15.1. The summed E-state index contributed by atoms with van der Waals surface area (Å²) in [7, 11) is 0. The monoisotopic (exact) mass is 740 g/mol. The number of hydrogen-bond donors (Lipinski definition) is 0. The number of benzene rings is 4. The van der Waals surface area contributed by atoms with Gasteiger partial charge in [-0.3, -0.25) is 0 Å². The average molecular weight is 741 g/mol. The van der Waals surface area contributed by atoms with Crippen LogP contribution < -0.4 is 18.9 Å². The Balaban J connectivity index is 0.848. The molecule has 0 spiro atoms. The zero-order chi connectivity index (χ0) is 37.8. The zero-order valence-corrected chi connectivity index (χ0v) is 33.4. The van der Waals surface area contributed by atoms with Gasteiger partial charge in [0.1, 0.15) is 13.1 Å². The summed E-state index contributed by atoms with van der Waals surface area (Å²) >= 11 is 0. The molecule has 0 N–H and O–H groups in total. The van der Waals surface area contributed by atoms with Crippen LogP contribution in [0.3, 0.4) is 0 Å². The normalized spacial score (nSPS) is 15.1. The first kappa shape index (κ1) is 37.7. The number of unbranched alkanes of at least 4 members (excludes halogenated alkanes) is 5. The first-order valence-electron chi connectivity index (χ1n) is 21.7. The molecule has 6 aromatic rings. The maximum atomic E-state index is 2.53. The van der Waals surface area contributed by atoms with Crippen LogP contribution in [0.5, 0.6) is 0 Å². The number of anilines is 2. The Bertz CT molecular complexity index is 2060. The molecule has 4 heteroatoms. The highest BCUT2D eigenvalue weighted by molar-refractivity contribution is 5.78. The van der Waals surface area contributed by atoms with E-state index in [-0.39, 0.29) is 0 Å². The van der Waals surface area contributed by atoms with Gasteiger partial charge in [-0.15, -0.1) is 0 Å². The molecule has 8 rings (SSSR count). The molecule has 56 heavy (non-hydrogen) atoms. The molecule has 4 aromatic carbocycles. The van der Waals surface area contributed by atoms with Crippen LogP contribution in [-0.4, -0.2) is 26.2 Å². The summed E-state index contributed by atoms with van der Waals surface area (Å²) in [5, 5.41) is 2.61. The van der Waals surface area contributed by atoms with E-state index in [1.54, 1.807) is 0 Å². The molecule has 2 aliphatic heterocycles. The lowest BCUT2D eigenvalue weighted by atomic mass is 10.1. The van der Waals surface area contributed by atoms with E-state index in [0.29, 0.717) is 0 Å². The van der Waals surface area contributed by atoms with E-state index in [4.69, 9.17) is 0 Å². The molecule has 0 radical (unpaired) electrons. The second-order valence-corrected chi connectivity index (χ2v) is 16.0. The van der Waals surface area contributed by atoms with Crippen LogP contribution in [0.1, 0.15) is 99.6 Å². The summed E-state index contributed by atoms with van der Waals surface area (Å²) in [4.78, 5) is 5.06. The summed E-state index contributed by atoms with van der Waals surface area (Å²) in [6.45, 7) is 6.82. The second kappa shape index (κ2) is 19.1. The molecule has 2 aliphatic rings. The molecule has 0 amide bonds. The van der Waals surface area contributed by atoms with Gasteiger partial charge in [-0.25, -0.2) is 0 Å². The van der Waals surface area contributed by atoms with Crippen molar-refractivity contribution in [1.82, 2.24) is 0 Å². The van der Waals surface area contributed by atoms with E-state index in [1.165, 1.54) is 159 Å². The van der Waals surface area contributed by atoms with Crippen molar-refractivity contribution in [2.45, 2.75) is 90.1 Å². The van der Waals surface area contributed by atoms with Crippen molar-refractivity contribution in [2.75, 3.05) is 36.0 Å². The summed E-state index contributed by atoms with van der Waals surface area (Å²) in [6, 6.07) is 45.1. The van der Waals surface area contributed by atoms with Crippen LogP contribution in [0.2, 0.25) is 0 Å². The number of hydrogen-bond acceptors (Lipinski definition) is 2. The lowest BCUT2D eigenvalue weighted by molar-refractivity contribution is -0.673. The van der Waals surface area contributed by atoms with Crippen molar-refractivity contribution < 1.29 is 9.13 Å². The molecule has 4 heterocycles. The van der Waals surface area contributed by atoms with Crippen molar-refractivity contribution in [3.63, 3.8) is 0 Å². The number of piperidine rings is 2. The Morgan fingerprint density at radius 2 is 0.768 bits per heavy atom. The molecule has 0 atom stereocenters. The fourth-order valence-electron chi connectivity index (χ4n) is 8.85. The summed E-state index contributed by atoms with van der Waals surface area (Å²) < 4.78 is 5.06. The number of nitrogens with zero attached hydrogens (tertiary/aromatic N) is 4. The van der Waals surface area contributed by atoms with E-state index in [1.807, 2.05) is 0 Å². The van der Waals surface area contributed by atoms with Crippen molar-refractivity contribution in [3.8, 4) is 0 Å². The summed E-state index contributed by atoms with van der Waals surface area (Å²) in [5.41, 5.74) is 10.4. The lowest BCUT2D eigenvalue weighted by Crippen LogP contribution is -2.38. The Labute approximate surface area is 335 Å². The second-order valence-electron chi connectivity index (χ2n) is 16.0. The quantitative estimate of drug-likeness (QED) is 0.0769.